The maximum Gasteiger partial charge on any atom is 0.144 e. The number of rotatable bonds is 6. The Hall–Kier alpha value is -2.54. The van der Waals surface area contributed by atoms with Crippen LogP contribution in [0.25, 0.3) is 0 Å². The molecule has 0 saturated heterocycles. The molecule has 114 valence electrons. The van der Waals surface area contributed by atoms with E-state index in [9.17, 15) is 5.26 Å². The average molecular weight is 295 g/mol. The van der Waals surface area contributed by atoms with Crippen LogP contribution in [0.2, 0.25) is 0 Å². The Bertz CT molecular complexity index is 672. The molecule has 0 bridgehead atoms. The van der Waals surface area contributed by atoms with Gasteiger partial charge in [-0.3, -0.25) is 0 Å². The lowest BCUT2D eigenvalue weighted by Crippen LogP contribution is -2.05. The highest BCUT2D eigenvalue weighted by atomic mass is 16.5. The zero-order chi connectivity index (χ0) is 15.9. The Labute approximate surface area is 131 Å². The molecule has 22 heavy (non-hydrogen) atoms. The second-order valence-electron chi connectivity index (χ2n) is 5.26. The van der Waals surface area contributed by atoms with E-state index in [1.807, 2.05) is 44.2 Å². The summed E-state index contributed by atoms with van der Waals surface area (Å²) < 4.78 is 5.57. The number of nitrogens with zero attached hydrogens (tertiary/aromatic N) is 2. The first kappa shape index (κ1) is 15.8. The molecule has 0 fully saturated rings. The van der Waals surface area contributed by atoms with Crippen LogP contribution in [-0.4, -0.2) is 11.6 Å². The van der Waals surface area contributed by atoms with Crippen LogP contribution >= 0.6 is 0 Å². The Balaban J connectivity index is 2.06. The van der Waals surface area contributed by atoms with Crippen molar-refractivity contribution in [2.75, 3.05) is 11.9 Å². The Morgan fingerprint density at radius 1 is 1.23 bits per heavy atom. The molecule has 1 heterocycles. The topological polar surface area (TPSA) is 57.9 Å². The van der Waals surface area contributed by atoms with Gasteiger partial charge in [0.15, 0.2) is 0 Å². The van der Waals surface area contributed by atoms with Gasteiger partial charge in [-0.25, -0.2) is 4.98 Å². The first-order valence-corrected chi connectivity index (χ1v) is 7.48. The lowest BCUT2D eigenvalue weighted by Gasteiger charge is -2.11. The van der Waals surface area contributed by atoms with Gasteiger partial charge in [-0.2, -0.15) is 5.26 Å². The van der Waals surface area contributed by atoms with E-state index < -0.39 is 0 Å². The second-order valence-corrected chi connectivity index (χ2v) is 5.26. The molecule has 0 unspecified atom stereocenters. The zero-order valence-electron chi connectivity index (χ0n) is 13.3. The molecule has 2 aromatic rings. The first-order chi connectivity index (χ1) is 10.6. The largest absolute Gasteiger partial charge is 0.494 e. The molecular formula is C18H21N3O. The van der Waals surface area contributed by atoms with Crippen LogP contribution in [0.15, 0.2) is 30.3 Å². The van der Waals surface area contributed by atoms with Gasteiger partial charge in [-0.05, 0) is 49.6 Å². The predicted octanol–water partition coefficient (Wildman–Crippen LogP) is 3.97. The van der Waals surface area contributed by atoms with E-state index >= 15 is 0 Å². The molecule has 0 atom stereocenters. The van der Waals surface area contributed by atoms with Crippen LogP contribution in [0.5, 0.6) is 5.75 Å². The van der Waals surface area contributed by atoms with Crippen LogP contribution < -0.4 is 10.1 Å². The number of anilines is 1. The Morgan fingerprint density at radius 2 is 1.95 bits per heavy atom. The first-order valence-electron chi connectivity index (χ1n) is 7.48. The summed E-state index contributed by atoms with van der Waals surface area (Å²) in [6, 6.07) is 12.1. The van der Waals surface area contributed by atoms with Gasteiger partial charge in [0.2, 0.25) is 0 Å². The van der Waals surface area contributed by atoms with Crippen LogP contribution in [-0.2, 0) is 6.54 Å². The van der Waals surface area contributed by atoms with E-state index in [2.05, 4.69) is 23.3 Å². The molecule has 1 aromatic carbocycles. The van der Waals surface area contributed by atoms with E-state index in [0.29, 0.717) is 17.9 Å². The molecule has 0 amide bonds. The number of ether oxygens (including phenoxy) is 1. The van der Waals surface area contributed by atoms with Gasteiger partial charge >= 0.3 is 0 Å². The molecule has 0 aliphatic heterocycles. The summed E-state index contributed by atoms with van der Waals surface area (Å²) in [4.78, 5) is 4.42. The summed E-state index contributed by atoms with van der Waals surface area (Å²) in [6.45, 7) is 7.30. The maximum atomic E-state index is 9.26. The van der Waals surface area contributed by atoms with E-state index in [1.165, 1.54) is 0 Å². The third kappa shape index (κ3) is 3.98. The van der Waals surface area contributed by atoms with Crippen molar-refractivity contribution in [2.45, 2.75) is 33.7 Å². The van der Waals surface area contributed by atoms with E-state index in [-0.39, 0.29) is 0 Å². The van der Waals surface area contributed by atoms with Gasteiger partial charge < -0.3 is 10.1 Å². The molecule has 0 spiro atoms. The monoisotopic (exact) mass is 295 g/mol. The normalized spacial score (nSPS) is 10.1. The molecule has 4 heteroatoms. The molecule has 0 radical (unpaired) electrons. The SMILES string of the molecule is CCCOc1ccc(CNc2nc(C)cc(C)c2C#N)cc1. The van der Waals surface area contributed by atoms with Crippen LogP contribution in [0, 0.1) is 25.2 Å². The second kappa shape index (κ2) is 7.46. The van der Waals surface area contributed by atoms with Crippen molar-refractivity contribution in [1.82, 2.24) is 4.98 Å². The summed E-state index contributed by atoms with van der Waals surface area (Å²) in [5.74, 6) is 1.53. The van der Waals surface area contributed by atoms with Crippen molar-refractivity contribution >= 4 is 5.82 Å². The summed E-state index contributed by atoms with van der Waals surface area (Å²) in [5.41, 5.74) is 3.57. The minimum Gasteiger partial charge on any atom is -0.494 e. The van der Waals surface area contributed by atoms with E-state index in [4.69, 9.17) is 4.74 Å². The molecule has 0 saturated carbocycles. The number of nitriles is 1. The Kier molecular flexibility index (Phi) is 5.37. The number of hydrogen-bond acceptors (Lipinski definition) is 4. The van der Waals surface area contributed by atoms with Crippen LogP contribution in [0.3, 0.4) is 0 Å². The molecular weight excluding hydrogens is 274 g/mol. The quantitative estimate of drug-likeness (QED) is 0.876. The van der Waals surface area contributed by atoms with Gasteiger partial charge in [-0.1, -0.05) is 19.1 Å². The fourth-order valence-corrected chi connectivity index (χ4v) is 2.22. The lowest BCUT2D eigenvalue weighted by molar-refractivity contribution is 0.317. The van der Waals surface area contributed by atoms with Crippen LogP contribution in [0.1, 0.15) is 35.7 Å². The lowest BCUT2D eigenvalue weighted by atomic mass is 10.1. The van der Waals surface area contributed by atoms with Crippen molar-refractivity contribution < 1.29 is 4.74 Å². The number of pyridine rings is 1. The summed E-state index contributed by atoms with van der Waals surface area (Å²) in [5, 5.41) is 12.5. The number of aromatic nitrogens is 1. The summed E-state index contributed by atoms with van der Waals surface area (Å²) >= 11 is 0. The minimum atomic E-state index is 0.605. The maximum absolute atomic E-state index is 9.26. The van der Waals surface area contributed by atoms with Crippen molar-refractivity contribution in [3.63, 3.8) is 0 Å². The van der Waals surface area contributed by atoms with E-state index in [1.54, 1.807) is 0 Å². The molecule has 1 N–H and O–H groups in total. The number of nitrogens with one attached hydrogen (secondary N) is 1. The van der Waals surface area contributed by atoms with Crippen molar-refractivity contribution in [3.8, 4) is 11.8 Å². The minimum absolute atomic E-state index is 0.605. The third-order valence-corrected chi connectivity index (χ3v) is 3.31. The van der Waals surface area contributed by atoms with Crippen molar-refractivity contribution in [3.05, 3.63) is 52.7 Å². The highest BCUT2D eigenvalue weighted by molar-refractivity contribution is 5.56. The smallest absolute Gasteiger partial charge is 0.144 e. The standard InChI is InChI=1S/C18H21N3O/c1-4-9-22-16-7-5-15(6-8-16)12-20-18-17(11-19)13(2)10-14(3)21-18/h5-8,10H,4,9,12H2,1-3H3,(H,20,21). The van der Waals surface area contributed by atoms with Gasteiger partial charge in [0.25, 0.3) is 0 Å². The highest BCUT2D eigenvalue weighted by Gasteiger charge is 2.08. The fourth-order valence-electron chi connectivity index (χ4n) is 2.22. The van der Waals surface area contributed by atoms with Gasteiger partial charge in [0.05, 0.1) is 12.2 Å². The third-order valence-electron chi connectivity index (χ3n) is 3.31. The number of hydrogen-bond donors (Lipinski definition) is 1. The van der Waals surface area contributed by atoms with Crippen molar-refractivity contribution in [2.24, 2.45) is 0 Å². The highest BCUT2D eigenvalue weighted by Crippen LogP contribution is 2.19. The molecule has 1 aromatic heterocycles. The molecule has 2 rings (SSSR count). The summed E-state index contributed by atoms with van der Waals surface area (Å²) in [6.07, 6.45) is 0.999. The predicted molar refractivity (Wildman–Crippen MR) is 88.0 cm³/mol. The number of benzene rings is 1. The number of aryl methyl sites for hydroxylation is 2. The molecule has 4 nitrogen and oxygen atoms in total. The van der Waals surface area contributed by atoms with Gasteiger partial charge in [0, 0.05) is 12.2 Å². The van der Waals surface area contributed by atoms with Crippen LogP contribution in [0.4, 0.5) is 5.82 Å². The average Bonchev–Trinajstić information content (AvgIpc) is 2.51. The summed E-state index contributed by atoms with van der Waals surface area (Å²) in [7, 11) is 0. The van der Waals surface area contributed by atoms with Gasteiger partial charge in [-0.15, -0.1) is 0 Å². The molecule has 0 aliphatic rings. The molecule has 0 aliphatic carbocycles. The van der Waals surface area contributed by atoms with Crippen molar-refractivity contribution in [1.29, 1.82) is 5.26 Å². The van der Waals surface area contributed by atoms with Gasteiger partial charge in [0.1, 0.15) is 17.6 Å². The Morgan fingerprint density at radius 3 is 2.59 bits per heavy atom. The fraction of sp³-hybridized carbons (Fsp3) is 0.333. The van der Waals surface area contributed by atoms with E-state index in [0.717, 1.165) is 35.6 Å². The zero-order valence-corrected chi connectivity index (χ0v) is 13.3.